The number of hydrogen-bond donors (Lipinski definition) is 2. The summed E-state index contributed by atoms with van der Waals surface area (Å²) in [7, 11) is 0. The molecule has 0 spiro atoms. The van der Waals surface area contributed by atoms with Gasteiger partial charge in [-0.1, -0.05) is 26.2 Å². The summed E-state index contributed by atoms with van der Waals surface area (Å²) >= 11 is 0. The second kappa shape index (κ2) is 5.89. The Morgan fingerprint density at radius 2 is 1.94 bits per heavy atom. The van der Waals surface area contributed by atoms with Gasteiger partial charge in [-0.05, 0) is 43.0 Å². The van der Waals surface area contributed by atoms with Gasteiger partial charge in [-0.25, -0.2) is 0 Å². The average molecular weight is 247 g/mol. The Hall–Kier alpha value is -1.51. The quantitative estimate of drug-likeness (QED) is 0.862. The summed E-state index contributed by atoms with van der Waals surface area (Å²) in [4.78, 5) is 12.1. The smallest absolute Gasteiger partial charge is 0.251 e. The van der Waals surface area contributed by atoms with E-state index in [1.165, 1.54) is 19.3 Å². The number of phenolic OH excluding ortho intramolecular Hbond substituents is 1. The van der Waals surface area contributed by atoms with Gasteiger partial charge in [-0.15, -0.1) is 0 Å². The van der Waals surface area contributed by atoms with E-state index in [4.69, 9.17) is 0 Å². The van der Waals surface area contributed by atoms with Crippen LogP contribution in [0.3, 0.4) is 0 Å². The minimum Gasteiger partial charge on any atom is -0.508 e. The van der Waals surface area contributed by atoms with Crippen LogP contribution in [0.15, 0.2) is 24.3 Å². The van der Waals surface area contributed by atoms with Crippen molar-refractivity contribution in [2.45, 2.75) is 45.1 Å². The molecule has 2 unspecified atom stereocenters. The van der Waals surface area contributed by atoms with E-state index in [1.54, 1.807) is 24.3 Å². The van der Waals surface area contributed by atoms with E-state index in [0.717, 1.165) is 12.8 Å². The number of carbonyl (C=O) groups is 1. The molecular weight excluding hydrogens is 226 g/mol. The van der Waals surface area contributed by atoms with Crippen molar-refractivity contribution in [3.63, 3.8) is 0 Å². The maximum absolute atomic E-state index is 12.1. The predicted molar refractivity (Wildman–Crippen MR) is 71.6 cm³/mol. The van der Waals surface area contributed by atoms with Gasteiger partial charge in [-0.3, -0.25) is 4.79 Å². The molecule has 1 fully saturated rings. The Kier molecular flexibility index (Phi) is 4.24. The van der Waals surface area contributed by atoms with Crippen molar-refractivity contribution < 1.29 is 9.90 Å². The molecule has 0 saturated heterocycles. The van der Waals surface area contributed by atoms with Crippen LogP contribution < -0.4 is 5.32 Å². The molecule has 2 rings (SSSR count). The number of benzene rings is 1. The van der Waals surface area contributed by atoms with E-state index < -0.39 is 0 Å². The highest BCUT2D eigenvalue weighted by atomic mass is 16.3. The first kappa shape index (κ1) is 12.9. The number of aromatic hydroxyl groups is 1. The third-order valence-electron chi connectivity index (χ3n) is 3.88. The lowest BCUT2D eigenvalue weighted by atomic mass is 9.83. The fraction of sp³-hybridized carbons (Fsp3) is 0.533. The van der Waals surface area contributed by atoms with Gasteiger partial charge in [0.15, 0.2) is 0 Å². The lowest BCUT2D eigenvalue weighted by Gasteiger charge is -2.31. The largest absolute Gasteiger partial charge is 0.508 e. The Morgan fingerprint density at radius 3 is 2.61 bits per heavy atom. The molecule has 0 aliphatic heterocycles. The van der Waals surface area contributed by atoms with Crippen LogP contribution >= 0.6 is 0 Å². The van der Waals surface area contributed by atoms with E-state index in [1.807, 2.05) is 0 Å². The SMILES string of the molecule is CCC1CCCCC1NC(=O)c1ccc(O)cc1. The van der Waals surface area contributed by atoms with Gasteiger partial charge in [0.05, 0.1) is 0 Å². The van der Waals surface area contributed by atoms with Crippen LogP contribution in [0.4, 0.5) is 0 Å². The van der Waals surface area contributed by atoms with E-state index in [-0.39, 0.29) is 11.7 Å². The van der Waals surface area contributed by atoms with E-state index >= 15 is 0 Å². The monoisotopic (exact) mass is 247 g/mol. The maximum Gasteiger partial charge on any atom is 0.251 e. The van der Waals surface area contributed by atoms with Gasteiger partial charge in [0.1, 0.15) is 5.75 Å². The second-order valence-corrected chi connectivity index (χ2v) is 5.08. The van der Waals surface area contributed by atoms with Crippen molar-refractivity contribution in [3.05, 3.63) is 29.8 Å². The van der Waals surface area contributed by atoms with E-state index in [0.29, 0.717) is 17.5 Å². The van der Waals surface area contributed by atoms with Crippen molar-refractivity contribution in [1.29, 1.82) is 0 Å². The van der Waals surface area contributed by atoms with Crippen LogP contribution in [0.2, 0.25) is 0 Å². The van der Waals surface area contributed by atoms with Gasteiger partial charge >= 0.3 is 0 Å². The molecule has 18 heavy (non-hydrogen) atoms. The van der Waals surface area contributed by atoms with Gasteiger partial charge in [0.2, 0.25) is 0 Å². The standard InChI is InChI=1S/C15H21NO2/c1-2-11-5-3-4-6-14(11)16-15(18)12-7-9-13(17)10-8-12/h7-11,14,17H,2-6H2,1H3,(H,16,18). The zero-order valence-electron chi connectivity index (χ0n) is 10.9. The van der Waals surface area contributed by atoms with Crippen LogP contribution in [0.5, 0.6) is 5.75 Å². The maximum atomic E-state index is 12.1. The van der Waals surface area contributed by atoms with Gasteiger partial charge in [-0.2, -0.15) is 0 Å². The molecule has 3 heteroatoms. The lowest BCUT2D eigenvalue weighted by molar-refractivity contribution is 0.0904. The lowest BCUT2D eigenvalue weighted by Crippen LogP contribution is -2.41. The van der Waals surface area contributed by atoms with Crippen LogP contribution in [0.25, 0.3) is 0 Å². The summed E-state index contributed by atoms with van der Waals surface area (Å²) in [6.45, 7) is 2.19. The van der Waals surface area contributed by atoms with Crippen LogP contribution in [0, 0.1) is 5.92 Å². The summed E-state index contributed by atoms with van der Waals surface area (Å²) in [6, 6.07) is 6.73. The molecule has 0 radical (unpaired) electrons. The first-order chi connectivity index (χ1) is 8.70. The van der Waals surface area contributed by atoms with Gasteiger partial charge in [0.25, 0.3) is 5.91 Å². The highest BCUT2D eigenvalue weighted by Crippen LogP contribution is 2.27. The number of carbonyl (C=O) groups excluding carboxylic acids is 1. The summed E-state index contributed by atoms with van der Waals surface area (Å²) in [5.74, 6) is 0.774. The molecule has 1 aliphatic carbocycles. The molecule has 1 amide bonds. The fourth-order valence-corrected chi connectivity index (χ4v) is 2.75. The molecule has 0 heterocycles. The Bertz CT molecular complexity index is 399. The van der Waals surface area contributed by atoms with Crippen LogP contribution in [-0.2, 0) is 0 Å². The molecular formula is C15H21NO2. The van der Waals surface area contributed by atoms with Crippen molar-refractivity contribution in [3.8, 4) is 5.75 Å². The van der Waals surface area contributed by atoms with E-state index in [2.05, 4.69) is 12.2 Å². The zero-order valence-corrected chi connectivity index (χ0v) is 10.9. The van der Waals surface area contributed by atoms with Gasteiger partial charge < -0.3 is 10.4 Å². The third-order valence-corrected chi connectivity index (χ3v) is 3.88. The summed E-state index contributed by atoms with van der Waals surface area (Å²) in [5.41, 5.74) is 0.619. The number of nitrogens with one attached hydrogen (secondary N) is 1. The number of hydrogen-bond acceptors (Lipinski definition) is 2. The number of rotatable bonds is 3. The molecule has 1 aromatic rings. The molecule has 0 aromatic heterocycles. The molecule has 1 aromatic carbocycles. The third kappa shape index (κ3) is 3.03. The Labute approximate surface area is 108 Å². The molecule has 2 atom stereocenters. The summed E-state index contributed by atoms with van der Waals surface area (Å²) in [5, 5.41) is 12.3. The normalized spacial score (nSPS) is 23.6. The summed E-state index contributed by atoms with van der Waals surface area (Å²) in [6.07, 6.45) is 5.92. The average Bonchev–Trinajstić information content (AvgIpc) is 2.40. The molecule has 1 saturated carbocycles. The van der Waals surface area contributed by atoms with Crippen LogP contribution in [0.1, 0.15) is 49.4 Å². The number of amides is 1. The number of phenols is 1. The molecule has 2 N–H and O–H groups in total. The van der Waals surface area contributed by atoms with Crippen LogP contribution in [-0.4, -0.2) is 17.1 Å². The topological polar surface area (TPSA) is 49.3 Å². The van der Waals surface area contributed by atoms with E-state index in [9.17, 15) is 9.90 Å². The van der Waals surface area contributed by atoms with Crippen molar-refractivity contribution in [2.75, 3.05) is 0 Å². The minimum absolute atomic E-state index is 0.0275. The first-order valence-corrected chi connectivity index (χ1v) is 6.80. The minimum atomic E-state index is -0.0275. The Morgan fingerprint density at radius 1 is 1.28 bits per heavy atom. The summed E-state index contributed by atoms with van der Waals surface area (Å²) < 4.78 is 0. The zero-order chi connectivity index (χ0) is 13.0. The van der Waals surface area contributed by atoms with Crippen molar-refractivity contribution >= 4 is 5.91 Å². The van der Waals surface area contributed by atoms with Crippen molar-refractivity contribution in [2.24, 2.45) is 5.92 Å². The Balaban J connectivity index is 1.99. The van der Waals surface area contributed by atoms with Crippen molar-refractivity contribution in [1.82, 2.24) is 5.32 Å². The fourth-order valence-electron chi connectivity index (χ4n) is 2.75. The first-order valence-electron chi connectivity index (χ1n) is 6.80. The molecule has 98 valence electrons. The highest BCUT2D eigenvalue weighted by Gasteiger charge is 2.25. The highest BCUT2D eigenvalue weighted by molar-refractivity contribution is 5.94. The van der Waals surface area contributed by atoms with Gasteiger partial charge in [0, 0.05) is 11.6 Å². The molecule has 3 nitrogen and oxygen atoms in total. The molecule has 0 bridgehead atoms. The molecule has 1 aliphatic rings. The second-order valence-electron chi connectivity index (χ2n) is 5.08. The predicted octanol–water partition coefficient (Wildman–Crippen LogP) is 3.09.